The van der Waals surface area contributed by atoms with Crippen LogP contribution >= 0.6 is 0 Å². The quantitative estimate of drug-likeness (QED) is 0.675. The fourth-order valence-electron chi connectivity index (χ4n) is 2.24. The molecule has 0 aromatic heterocycles. The lowest BCUT2D eigenvalue weighted by atomic mass is 10.0. The van der Waals surface area contributed by atoms with Crippen LogP contribution in [0.1, 0.15) is 12.8 Å². The molecule has 90 valence electrons. The minimum Gasteiger partial charge on any atom is -0.342 e. The van der Waals surface area contributed by atoms with Gasteiger partial charge in [-0.2, -0.15) is 0 Å². The summed E-state index contributed by atoms with van der Waals surface area (Å²) in [6.45, 7) is 3.55. The second-order valence-corrected chi connectivity index (χ2v) is 4.69. The van der Waals surface area contributed by atoms with E-state index in [-0.39, 0.29) is 18.4 Å². The van der Waals surface area contributed by atoms with E-state index in [4.69, 9.17) is 0 Å². The summed E-state index contributed by atoms with van der Waals surface area (Å²) in [6.07, 6.45) is 1.66. The van der Waals surface area contributed by atoms with Gasteiger partial charge in [0.1, 0.15) is 0 Å². The summed E-state index contributed by atoms with van der Waals surface area (Å²) in [4.78, 5) is 26.8. The van der Waals surface area contributed by atoms with Crippen molar-refractivity contribution in [3.63, 3.8) is 0 Å². The Morgan fingerprint density at radius 3 is 2.94 bits per heavy atom. The predicted molar refractivity (Wildman–Crippen MR) is 59.8 cm³/mol. The van der Waals surface area contributed by atoms with E-state index in [1.165, 1.54) is 0 Å². The summed E-state index contributed by atoms with van der Waals surface area (Å²) in [5.41, 5.74) is 0. The van der Waals surface area contributed by atoms with Crippen LogP contribution in [-0.4, -0.2) is 61.4 Å². The zero-order chi connectivity index (χ0) is 11.5. The van der Waals surface area contributed by atoms with Gasteiger partial charge >= 0.3 is 0 Å². The zero-order valence-electron chi connectivity index (χ0n) is 9.74. The first-order chi connectivity index (χ1) is 7.66. The van der Waals surface area contributed by atoms with Crippen LogP contribution < -0.4 is 5.32 Å². The van der Waals surface area contributed by atoms with Crippen molar-refractivity contribution in [1.82, 2.24) is 15.1 Å². The van der Waals surface area contributed by atoms with Crippen molar-refractivity contribution in [2.24, 2.45) is 5.92 Å². The molecular formula is C11H19N3O2. The van der Waals surface area contributed by atoms with E-state index >= 15 is 0 Å². The molecule has 1 N–H and O–H groups in total. The Hall–Kier alpha value is -1.10. The first-order valence-electron chi connectivity index (χ1n) is 5.89. The normalized spacial score (nSPS) is 26.3. The second kappa shape index (κ2) is 4.82. The molecule has 0 aliphatic carbocycles. The number of rotatable bonds is 2. The third kappa shape index (κ3) is 2.52. The standard InChI is InChI=1S/C11H19N3O2/c1-13-4-5-14(8-11(13)16)10(15)6-9-2-3-12-7-9/h9,12H,2-8H2,1H3. The zero-order valence-corrected chi connectivity index (χ0v) is 9.74. The van der Waals surface area contributed by atoms with Crippen LogP contribution in [0.4, 0.5) is 0 Å². The summed E-state index contributed by atoms with van der Waals surface area (Å²) in [5.74, 6) is 0.640. The van der Waals surface area contributed by atoms with Crippen molar-refractivity contribution in [1.29, 1.82) is 0 Å². The molecule has 2 amide bonds. The van der Waals surface area contributed by atoms with Crippen LogP contribution in [0.2, 0.25) is 0 Å². The average Bonchev–Trinajstić information content (AvgIpc) is 2.74. The minimum atomic E-state index is 0.0455. The van der Waals surface area contributed by atoms with Crippen LogP contribution in [-0.2, 0) is 9.59 Å². The van der Waals surface area contributed by atoms with Gasteiger partial charge in [-0.15, -0.1) is 0 Å². The number of hydrogen-bond acceptors (Lipinski definition) is 3. The number of nitrogens with zero attached hydrogens (tertiary/aromatic N) is 2. The van der Waals surface area contributed by atoms with Gasteiger partial charge in [0.15, 0.2) is 0 Å². The van der Waals surface area contributed by atoms with Gasteiger partial charge in [0.2, 0.25) is 11.8 Å². The molecule has 1 atom stereocenters. The average molecular weight is 225 g/mol. The number of nitrogens with one attached hydrogen (secondary N) is 1. The number of hydrogen-bond donors (Lipinski definition) is 1. The van der Waals surface area contributed by atoms with Gasteiger partial charge in [-0.05, 0) is 25.4 Å². The summed E-state index contributed by atoms with van der Waals surface area (Å²) < 4.78 is 0. The smallest absolute Gasteiger partial charge is 0.241 e. The van der Waals surface area contributed by atoms with E-state index < -0.39 is 0 Å². The van der Waals surface area contributed by atoms with Crippen LogP contribution in [0, 0.1) is 5.92 Å². The maximum atomic E-state index is 11.9. The molecule has 0 spiro atoms. The van der Waals surface area contributed by atoms with Gasteiger partial charge in [0, 0.05) is 26.6 Å². The van der Waals surface area contributed by atoms with Gasteiger partial charge in [-0.3, -0.25) is 9.59 Å². The lowest BCUT2D eigenvalue weighted by molar-refractivity contribution is -0.144. The van der Waals surface area contributed by atoms with Crippen molar-refractivity contribution in [3.8, 4) is 0 Å². The van der Waals surface area contributed by atoms with Crippen molar-refractivity contribution < 1.29 is 9.59 Å². The highest BCUT2D eigenvalue weighted by Crippen LogP contribution is 2.14. The molecule has 5 heteroatoms. The number of carbonyl (C=O) groups is 2. The maximum Gasteiger partial charge on any atom is 0.241 e. The Bertz CT molecular complexity index is 287. The molecule has 2 saturated heterocycles. The fraction of sp³-hybridized carbons (Fsp3) is 0.818. The topological polar surface area (TPSA) is 52.6 Å². The van der Waals surface area contributed by atoms with Gasteiger partial charge < -0.3 is 15.1 Å². The van der Waals surface area contributed by atoms with Crippen LogP contribution in [0.25, 0.3) is 0 Å². The summed E-state index contributed by atoms with van der Waals surface area (Å²) in [7, 11) is 1.78. The largest absolute Gasteiger partial charge is 0.342 e. The summed E-state index contributed by atoms with van der Waals surface area (Å²) in [5, 5.41) is 3.25. The molecule has 2 rings (SSSR count). The number of likely N-dealkylation sites (N-methyl/N-ethyl adjacent to an activating group) is 1. The molecule has 2 aliphatic heterocycles. The van der Waals surface area contributed by atoms with Crippen molar-refractivity contribution in [3.05, 3.63) is 0 Å². The van der Waals surface area contributed by atoms with Gasteiger partial charge in [0.05, 0.1) is 6.54 Å². The highest BCUT2D eigenvalue weighted by atomic mass is 16.2. The Morgan fingerprint density at radius 1 is 1.50 bits per heavy atom. The minimum absolute atomic E-state index is 0.0455. The van der Waals surface area contributed by atoms with Crippen molar-refractivity contribution in [2.75, 3.05) is 39.8 Å². The third-order valence-electron chi connectivity index (χ3n) is 3.44. The monoisotopic (exact) mass is 225 g/mol. The Labute approximate surface area is 95.8 Å². The molecule has 2 heterocycles. The highest BCUT2D eigenvalue weighted by molar-refractivity contribution is 5.85. The Kier molecular flexibility index (Phi) is 3.43. The lowest BCUT2D eigenvalue weighted by Crippen LogP contribution is -2.50. The Balaban J connectivity index is 1.82. The molecule has 0 aromatic carbocycles. The Morgan fingerprint density at radius 2 is 2.31 bits per heavy atom. The fourth-order valence-corrected chi connectivity index (χ4v) is 2.24. The van der Waals surface area contributed by atoms with E-state index in [2.05, 4.69) is 5.32 Å². The number of carbonyl (C=O) groups excluding carboxylic acids is 2. The highest BCUT2D eigenvalue weighted by Gasteiger charge is 2.27. The molecule has 5 nitrogen and oxygen atoms in total. The molecule has 2 aliphatic rings. The van der Waals surface area contributed by atoms with Gasteiger partial charge in [-0.1, -0.05) is 0 Å². The molecule has 0 aromatic rings. The van der Waals surface area contributed by atoms with E-state index in [0.29, 0.717) is 25.4 Å². The van der Waals surface area contributed by atoms with E-state index in [9.17, 15) is 9.59 Å². The van der Waals surface area contributed by atoms with Crippen molar-refractivity contribution in [2.45, 2.75) is 12.8 Å². The predicted octanol–water partition coefficient (Wildman–Crippen LogP) is -0.713. The van der Waals surface area contributed by atoms with E-state index in [1.54, 1.807) is 16.8 Å². The summed E-state index contributed by atoms with van der Waals surface area (Å²) >= 11 is 0. The molecule has 0 radical (unpaired) electrons. The SMILES string of the molecule is CN1CCN(C(=O)CC2CCNC2)CC1=O. The van der Waals surface area contributed by atoms with Gasteiger partial charge in [0.25, 0.3) is 0 Å². The first-order valence-corrected chi connectivity index (χ1v) is 5.89. The van der Waals surface area contributed by atoms with E-state index in [0.717, 1.165) is 19.5 Å². The van der Waals surface area contributed by atoms with Crippen LogP contribution in [0.15, 0.2) is 0 Å². The third-order valence-corrected chi connectivity index (χ3v) is 3.44. The molecular weight excluding hydrogens is 206 g/mol. The van der Waals surface area contributed by atoms with Crippen molar-refractivity contribution >= 4 is 11.8 Å². The molecule has 1 unspecified atom stereocenters. The van der Waals surface area contributed by atoms with Crippen LogP contribution in [0.5, 0.6) is 0 Å². The lowest BCUT2D eigenvalue weighted by Gasteiger charge is -2.32. The number of amides is 2. The molecule has 0 saturated carbocycles. The van der Waals surface area contributed by atoms with Gasteiger partial charge in [-0.25, -0.2) is 0 Å². The van der Waals surface area contributed by atoms with Crippen LogP contribution in [0.3, 0.4) is 0 Å². The second-order valence-electron chi connectivity index (χ2n) is 4.69. The van der Waals surface area contributed by atoms with E-state index in [1.807, 2.05) is 0 Å². The molecule has 2 fully saturated rings. The molecule has 0 bridgehead atoms. The maximum absolute atomic E-state index is 11.9. The summed E-state index contributed by atoms with van der Waals surface area (Å²) in [6, 6.07) is 0. The molecule has 16 heavy (non-hydrogen) atoms. The first kappa shape index (κ1) is 11.4. The number of piperazine rings is 1.